The Morgan fingerprint density at radius 2 is 2.00 bits per heavy atom. The largest absolute Gasteiger partial charge is 0.491 e. The number of nitrogens with two attached hydrogens (primary N) is 1. The summed E-state index contributed by atoms with van der Waals surface area (Å²) in [4.78, 5) is 0. The molecule has 0 bridgehead atoms. The van der Waals surface area contributed by atoms with Crippen molar-refractivity contribution in [1.29, 1.82) is 0 Å². The van der Waals surface area contributed by atoms with E-state index in [0.29, 0.717) is 37.7 Å². The Balaban J connectivity index is 2.22. The van der Waals surface area contributed by atoms with Gasteiger partial charge in [-0.3, -0.25) is 0 Å². The molecule has 0 heterocycles. The van der Waals surface area contributed by atoms with Gasteiger partial charge in [0, 0.05) is 32.4 Å². The summed E-state index contributed by atoms with van der Waals surface area (Å²) in [5, 5.41) is 0. The fraction of sp³-hybridized carbons (Fsp3) is 0.538. The van der Waals surface area contributed by atoms with E-state index in [9.17, 15) is 4.39 Å². The average Bonchev–Trinajstić information content (AvgIpc) is 2.39. The standard InChI is InChI=1S/C13H20FNO3/c1-16-5-2-6-17-7-8-18-13-4-3-12(14)9-11(13)10-15/h3-4,9H,2,5-8,10,15H2,1H3. The molecular weight excluding hydrogens is 237 g/mol. The first-order chi connectivity index (χ1) is 8.77. The predicted molar refractivity (Wildman–Crippen MR) is 67.1 cm³/mol. The van der Waals surface area contributed by atoms with Crippen LogP contribution in [-0.2, 0) is 16.0 Å². The van der Waals surface area contributed by atoms with Crippen LogP contribution in [-0.4, -0.2) is 33.5 Å². The second-order valence-electron chi connectivity index (χ2n) is 3.76. The highest BCUT2D eigenvalue weighted by Gasteiger charge is 2.03. The fourth-order valence-electron chi connectivity index (χ4n) is 1.47. The van der Waals surface area contributed by atoms with Gasteiger partial charge in [-0.15, -0.1) is 0 Å². The molecule has 1 aromatic carbocycles. The Morgan fingerprint density at radius 1 is 1.17 bits per heavy atom. The van der Waals surface area contributed by atoms with E-state index in [1.54, 1.807) is 13.2 Å². The van der Waals surface area contributed by atoms with Crippen LogP contribution in [0.15, 0.2) is 18.2 Å². The maximum absolute atomic E-state index is 12.9. The minimum Gasteiger partial charge on any atom is -0.491 e. The third-order valence-corrected chi connectivity index (χ3v) is 2.36. The molecule has 0 fully saturated rings. The zero-order valence-corrected chi connectivity index (χ0v) is 10.7. The van der Waals surface area contributed by atoms with Crippen molar-refractivity contribution >= 4 is 0 Å². The fourth-order valence-corrected chi connectivity index (χ4v) is 1.47. The lowest BCUT2D eigenvalue weighted by Crippen LogP contribution is -2.10. The van der Waals surface area contributed by atoms with Crippen LogP contribution in [0.3, 0.4) is 0 Å². The first kappa shape index (κ1) is 14.9. The van der Waals surface area contributed by atoms with Crippen molar-refractivity contribution in [3.8, 4) is 5.75 Å². The molecule has 0 radical (unpaired) electrons. The van der Waals surface area contributed by atoms with E-state index in [1.807, 2.05) is 0 Å². The highest BCUT2D eigenvalue weighted by molar-refractivity contribution is 5.33. The van der Waals surface area contributed by atoms with Gasteiger partial charge in [-0.2, -0.15) is 0 Å². The molecule has 0 aromatic heterocycles. The van der Waals surface area contributed by atoms with Crippen molar-refractivity contribution in [3.63, 3.8) is 0 Å². The Hall–Kier alpha value is -1.17. The molecule has 2 N–H and O–H groups in total. The molecule has 0 aliphatic carbocycles. The lowest BCUT2D eigenvalue weighted by atomic mass is 10.2. The highest BCUT2D eigenvalue weighted by atomic mass is 19.1. The molecule has 1 rings (SSSR count). The summed E-state index contributed by atoms with van der Waals surface area (Å²) in [6, 6.07) is 4.32. The molecule has 4 nitrogen and oxygen atoms in total. The third kappa shape index (κ3) is 5.44. The van der Waals surface area contributed by atoms with Gasteiger partial charge in [0.05, 0.1) is 6.61 Å². The van der Waals surface area contributed by atoms with Crippen molar-refractivity contribution in [1.82, 2.24) is 0 Å². The summed E-state index contributed by atoms with van der Waals surface area (Å²) >= 11 is 0. The van der Waals surface area contributed by atoms with Gasteiger partial charge in [0.25, 0.3) is 0 Å². The van der Waals surface area contributed by atoms with E-state index in [2.05, 4.69) is 0 Å². The Kier molecular flexibility index (Phi) is 7.32. The minimum absolute atomic E-state index is 0.252. The second-order valence-corrected chi connectivity index (χ2v) is 3.76. The molecular formula is C13H20FNO3. The van der Waals surface area contributed by atoms with E-state index in [4.69, 9.17) is 19.9 Å². The van der Waals surface area contributed by atoms with Gasteiger partial charge < -0.3 is 19.9 Å². The molecule has 0 atom stereocenters. The molecule has 0 aliphatic heterocycles. The Morgan fingerprint density at radius 3 is 2.72 bits per heavy atom. The van der Waals surface area contributed by atoms with Crippen LogP contribution in [0.1, 0.15) is 12.0 Å². The van der Waals surface area contributed by atoms with Crippen LogP contribution in [0, 0.1) is 5.82 Å². The number of halogens is 1. The number of benzene rings is 1. The molecule has 0 aliphatic rings. The van der Waals surface area contributed by atoms with E-state index >= 15 is 0 Å². The molecule has 18 heavy (non-hydrogen) atoms. The Bertz CT molecular complexity index is 347. The number of rotatable bonds is 9. The van der Waals surface area contributed by atoms with E-state index in [0.717, 1.165) is 6.42 Å². The first-order valence-electron chi connectivity index (χ1n) is 5.96. The van der Waals surface area contributed by atoms with Crippen molar-refractivity contribution in [2.45, 2.75) is 13.0 Å². The zero-order valence-electron chi connectivity index (χ0n) is 10.7. The van der Waals surface area contributed by atoms with E-state index in [-0.39, 0.29) is 12.4 Å². The quantitative estimate of drug-likeness (QED) is 0.684. The van der Waals surface area contributed by atoms with Crippen molar-refractivity contribution in [2.75, 3.05) is 33.5 Å². The lowest BCUT2D eigenvalue weighted by Gasteiger charge is -2.10. The topological polar surface area (TPSA) is 53.7 Å². The van der Waals surface area contributed by atoms with Crippen LogP contribution in [0.2, 0.25) is 0 Å². The normalized spacial score (nSPS) is 10.6. The summed E-state index contributed by atoms with van der Waals surface area (Å²) in [6.07, 6.45) is 0.862. The summed E-state index contributed by atoms with van der Waals surface area (Å²) in [5.41, 5.74) is 6.17. The van der Waals surface area contributed by atoms with Gasteiger partial charge in [-0.25, -0.2) is 4.39 Å². The van der Waals surface area contributed by atoms with Crippen LogP contribution < -0.4 is 10.5 Å². The lowest BCUT2D eigenvalue weighted by molar-refractivity contribution is 0.0804. The zero-order chi connectivity index (χ0) is 13.2. The molecule has 102 valence electrons. The van der Waals surface area contributed by atoms with Crippen LogP contribution in [0.4, 0.5) is 4.39 Å². The molecule has 0 spiro atoms. The first-order valence-corrected chi connectivity index (χ1v) is 5.96. The summed E-state index contributed by atoms with van der Waals surface area (Å²) in [5.74, 6) is 0.304. The highest BCUT2D eigenvalue weighted by Crippen LogP contribution is 2.18. The minimum atomic E-state index is -0.307. The van der Waals surface area contributed by atoms with Gasteiger partial charge in [-0.05, 0) is 24.6 Å². The molecule has 0 saturated carbocycles. The number of methoxy groups -OCH3 is 1. The average molecular weight is 257 g/mol. The van der Waals surface area contributed by atoms with Gasteiger partial charge in [-0.1, -0.05) is 0 Å². The van der Waals surface area contributed by atoms with Crippen molar-refractivity contribution in [3.05, 3.63) is 29.6 Å². The summed E-state index contributed by atoms with van der Waals surface area (Å²) < 4.78 is 28.7. The van der Waals surface area contributed by atoms with Crippen LogP contribution in [0.25, 0.3) is 0 Å². The van der Waals surface area contributed by atoms with Crippen molar-refractivity contribution in [2.24, 2.45) is 5.73 Å². The third-order valence-electron chi connectivity index (χ3n) is 2.36. The monoisotopic (exact) mass is 257 g/mol. The van der Waals surface area contributed by atoms with Gasteiger partial charge in [0.1, 0.15) is 18.2 Å². The summed E-state index contributed by atoms with van der Waals surface area (Å²) in [7, 11) is 1.66. The Labute approximate surface area is 107 Å². The molecule has 1 aromatic rings. The maximum atomic E-state index is 12.9. The van der Waals surface area contributed by atoms with Gasteiger partial charge in [0.2, 0.25) is 0 Å². The van der Waals surface area contributed by atoms with E-state index < -0.39 is 0 Å². The summed E-state index contributed by atoms with van der Waals surface area (Å²) in [6.45, 7) is 2.50. The predicted octanol–water partition coefficient (Wildman–Crippen LogP) is 1.72. The SMILES string of the molecule is COCCCOCCOc1ccc(F)cc1CN. The number of hydrogen-bond acceptors (Lipinski definition) is 4. The van der Waals surface area contributed by atoms with Crippen LogP contribution >= 0.6 is 0 Å². The second kappa shape index (κ2) is 8.85. The molecule has 5 heteroatoms. The van der Waals surface area contributed by atoms with Gasteiger partial charge in [0.15, 0.2) is 0 Å². The number of hydrogen-bond donors (Lipinski definition) is 1. The van der Waals surface area contributed by atoms with E-state index in [1.165, 1.54) is 12.1 Å². The maximum Gasteiger partial charge on any atom is 0.124 e. The van der Waals surface area contributed by atoms with Gasteiger partial charge >= 0.3 is 0 Å². The smallest absolute Gasteiger partial charge is 0.124 e. The molecule has 0 saturated heterocycles. The number of ether oxygens (including phenoxy) is 3. The van der Waals surface area contributed by atoms with Crippen LogP contribution in [0.5, 0.6) is 5.75 Å². The molecule has 0 unspecified atom stereocenters. The van der Waals surface area contributed by atoms with Crippen molar-refractivity contribution < 1.29 is 18.6 Å². The molecule has 0 amide bonds.